The second-order valence-electron chi connectivity index (χ2n) is 2.92. The van der Waals surface area contributed by atoms with Crippen molar-refractivity contribution in [2.45, 2.75) is 12.8 Å². The number of hydrogen-bond acceptors (Lipinski definition) is 3. The van der Waals surface area contributed by atoms with Crippen molar-refractivity contribution < 1.29 is 8.42 Å². The molecule has 0 atom stereocenters. The fourth-order valence-corrected chi connectivity index (χ4v) is 1.63. The van der Waals surface area contributed by atoms with Crippen molar-refractivity contribution >= 4 is 10.0 Å². The van der Waals surface area contributed by atoms with Gasteiger partial charge in [-0.3, -0.25) is 0 Å². The van der Waals surface area contributed by atoms with Crippen molar-refractivity contribution in [2.24, 2.45) is 5.14 Å². The van der Waals surface area contributed by atoms with Crippen LogP contribution < -0.4 is 5.14 Å². The molecule has 0 aromatic heterocycles. The molecule has 0 bridgehead atoms. The lowest BCUT2D eigenvalue weighted by Crippen LogP contribution is -2.38. The molecule has 0 unspecified atom stereocenters. The smallest absolute Gasteiger partial charge is 0.209 e. The molecule has 0 saturated carbocycles. The molecule has 1 fully saturated rings. The number of sulfonamides is 1. The molecule has 66 valence electrons. The number of hydrogen-bond donors (Lipinski definition) is 1. The zero-order chi connectivity index (χ0) is 8.32. The Labute approximate surface area is 67.4 Å². The van der Waals surface area contributed by atoms with E-state index in [1.807, 2.05) is 0 Å². The van der Waals surface area contributed by atoms with Crippen LogP contribution in [0.5, 0.6) is 0 Å². The molecule has 1 aliphatic heterocycles. The van der Waals surface area contributed by atoms with E-state index in [0.29, 0.717) is 6.42 Å². The van der Waals surface area contributed by atoms with Gasteiger partial charge in [0, 0.05) is 0 Å². The average molecular weight is 178 g/mol. The molecule has 0 radical (unpaired) electrons. The molecule has 0 spiro atoms. The summed E-state index contributed by atoms with van der Waals surface area (Å²) in [5.74, 6) is 0.115. The third kappa shape index (κ3) is 3.69. The number of likely N-dealkylation sites (tertiary alicyclic amines) is 1. The summed E-state index contributed by atoms with van der Waals surface area (Å²) < 4.78 is 21.0. The van der Waals surface area contributed by atoms with Crippen molar-refractivity contribution in [1.29, 1.82) is 0 Å². The lowest BCUT2D eigenvalue weighted by Gasteiger charge is -2.30. The minimum absolute atomic E-state index is 0.115. The van der Waals surface area contributed by atoms with Crippen molar-refractivity contribution in [1.82, 2.24) is 4.90 Å². The van der Waals surface area contributed by atoms with Gasteiger partial charge in [-0.1, -0.05) is 0 Å². The van der Waals surface area contributed by atoms with Gasteiger partial charge < -0.3 is 4.90 Å². The molecule has 0 aliphatic carbocycles. The molecule has 1 saturated heterocycles. The second-order valence-corrected chi connectivity index (χ2v) is 4.65. The van der Waals surface area contributed by atoms with E-state index in [9.17, 15) is 8.42 Å². The Morgan fingerprint density at radius 3 is 2.36 bits per heavy atom. The van der Waals surface area contributed by atoms with Crippen LogP contribution in [0.2, 0.25) is 0 Å². The van der Waals surface area contributed by atoms with Crippen LogP contribution in [0.1, 0.15) is 12.8 Å². The summed E-state index contributed by atoms with van der Waals surface area (Å²) in [4.78, 5) is 2.23. The highest BCUT2D eigenvalue weighted by atomic mass is 32.2. The maximum absolute atomic E-state index is 10.5. The Bertz CT molecular complexity index is 209. The van der Waals surface area contributed by atoms with Gasteiger partial charge in [0.15, 0.2) is 0 Å². The molecule has 4 nitrogen and oxygen atoms in total. The van der Waals surface area contributed by atoms with Gasteiger partial charge in [0.2, 0.25) is 10.0 Å². The molecule has 2 N–H and O–H groups in total. The summed E-state index contributed by atoms with van der Waals surface area (Å²) in [6.45, 7) is 3.10. The molecule has 1 rings (SSSR count). The molecule has 1 heterocycles. The van der Waals surface area contributed by atoms with Crippen molar-refractivity contribution in [3.8, 4) is 0 Å². The zero-order valence-electron chi connectivity index (χ0n) is 6.49. The number of primary sulfonamides is 1. The van der Waals surface area contributed by atoms with E-state index in [1.165, 1.54) is 6.42 Å². The Kier molecular flexibility index (Phi) is 2.86. The van der Waals surface area contributed by atoms with Gasteiger partial charge in [-0.05, 0) is 32.5 Å². The largest absolute Gasteiger partial charge is 0.303 e. The van der Waals surface area contributed by atoms with Crippen LogP contribution in [0.25, 0.3) is 0 Å². The third-order valence-corrected chi connectivity index (χ3v) is 2.71. The maximum Gasteiger partial charge on any atom is 0.209 e. The van der Waals surface area contributed by atoms with E-state index in [4.69, 9.17) is 5.14 Å². The Balaban J connectivity index is 2.04. The monoisotopic (exact) mass is 178 g/mol. The van der Waals surface area contributed by atoms with Gasteiger partial charge in [0.05, 0.1) is 5.75 Å². The minimum Gasteiger partial charge on any atom is -0.303 e. The highest BCUT2D eigenvalue weighted by Gasteiger charge is 2.13. The predicted octanol–water partition coefficient (Wildman–Crippen LogP) is -0.629. The lowest BCUT2D eigenvalue weighted by molar-refractivity contribution is 0.182. The molecule has 0 aromatic rings. The van der Waals surface area contributed by atoms with Gasteiger partial charge in [0.1, 0.15) is 0 Å². The van der Waals surface area contributed by atoms with Crippen molar-refractivity contribution in [2.75, 3.05) is 25.4 Å². The van der Waals surface area contributed by atoms with Gasteiger partial charge in [-0.2, -0.15) is 0 Å². The van der Waals surface area contributed by atoms with Crippen LogP contribution >= 0.6 is 0 Å². The van der Waals surface area contributed by atoms with Gasteiger partial charge in [-0.25, -0.2) is 13.6 Å². The molecular formula is C6H14N2O2S. The molecular weight excluding hydrogens is 164 g/mol. The third-order valence-electron chi connectivity index (χ3n) is 1.85. The van der Waals surface area contributed by atoms with Crippen LogP contribution in [0.15, 0.2) is 0 Å². The fraction of sp³-hybridized carbons (Fsp3) is 1.00. The molecule has 0 aromatic carbocycles. The van der Waals surface area contributed by atoms with E-state index in [1.54, 1.807) is 0 Å². The van der Waals surface area contributed by atoms with Crippen LogP contribution in [0.4, 0.5) is 0 Å². The first-order chi connectivity index (χ1) is 5.08. The summed E-state index contributed by atoms with van der Waals surface area (Å²) in [6.07, 6.45) is 1.91. The SMILES string of the molecule is NS(=O)(=O)CCCN1CCC1. The van der Waals surface area contributed by atoms with E-state index in [-0.39, 0.29) is 5.75 Å². The van der Waals surface area contributed by atoms with Crippen LogP contribution in [0.3, 0.4) is 0 Å². The summed E-state index contributed by atoms with van der Waals surface area (Å²) in [6, 6.07) is 0. The predicted molar refractivity (Wildman–Crippen MR) is 43.6 cm³/mol. The van der Waals surface area contributed by atoms with Crippen molar-refractivity contribution in [3.63, 3.8) is 0 Å². The van der Waals surface area contributed by atoms with E-state index in [2.05, 4.69) is 4.90 Å². The van der Waals surface area contributed by atoms with Crippen molar-refractivity contribution in [3.05, 3.63) is 0 Å². The first kappa shape index (κ1) is 8.96. The number of nitrogens with two attached hydrogens (primary N) is 1. The summed E-state index contributed by atoms with van der Waals surface area (Å²) >= 11 is 0. The first-order valence-corrected chi connectivity index (χ1v) is 5.52. The lowest BCUT2D eigenvalue weighted by atomic mass is 10.2. The summed E-state index contributed by atoms with van der Waals surface area (Å²) in [5.41, 5.74) is 0. The van der Waals surface area contributed by atoms with Gasteiger partial charge in [0.25, 0.3) is 0 Å². The van der Waals surface area contributed by atoms with Gasteiger partial charge in [-0.15, -0.1) is 0 Å². The summed E-state index contributed by atoms with van der Waals surface area (Å²) in [7, 11) is -3.23. The highest BCUT2D eigenvalue weighted by Crippen LogP contribution is 2.05. The topological polar surface area (TPSA) is 63.4 Å². The number of nitrogens with zero attached hydrogens (tertiary/aromatic N) is 1. The normalized spacial score (nSPS) is 19.7. The van der Waals surface area contributed by atoms with Crippen LogP contribution in [-0.4, -0.2) is 38.7 Å². The molecule has 5 heteroatoms. The Morgan fingerprint density at radius 2 is 2.00 bits per heavy atom. The quantitative estimate of drug-likeness (QED) is 0.623. The van der Waals surface area contributed by atoms with Crippen LogP contribution in [0, 0.1) is 0 Å². The minimum atomic E-state index is -3.23. The van der Waals surface area contributed by atoms with E-state index >= 15 is 0 Å². The van der Waals surface area contributed by atoms with Crippen LogP contribution in [-0.2, 0) is 10.0 Å². The molecule has 11 heavy (non-hydrogen) atoms. The Morgan fingerprint density at radius 1 is 1.36 bits per heavy atom. The Hall–Kier alpha value is -0.130. The second kappa shape index (κ2) is 3.51. The standard InChI is InChI=1S/C6H14N2O2S/c7-11(9,10)6-2-5-8-3-1-4-8/h1-6H2,(H2,7,9,10). The molecule has 0 amide bonds. The van der Waals surface area contributed by atoms with Gasteiger partial charge >= 0.3 is 0 Å². The first-order valence-electron chi connectivity index (χ1n) is 3.81. The average Bonchev–Trinajstić information content (AvgIpc) is 1.73. The fourth-order valence-electron chi connectivity index (χ4n) is 1.09. The number of rotatable bonds is 4. The zero-order valence-corrected chi connectivity index (χ0v) is 7.31. The van der Waals surface area contributed by atoms with E-state index in [0.717, 1.165) is 19.6 Å². The highest BCUT2D eigenvalue weighted by molar-refractivity contribution is 7.89. The maximum atomic E-state index is 10.5. The van der Waals surface area contributed by atoms with E-state index < -0.39 is 10.0 Å². The molecule has 1 aliphatic rings. The summed E-state index contributed by atoms with van der Waals surface area (Å²) in [5, 5.41) is 4.83.